The van der Waals surface area contributed by atoms with Crippen molar-refractivity contribution in [2.75, 3.05) is 0 Å². The fraction of sp³-hybridized carbons (Fsp3) is 0.300. The maximum Gasteiger partial charge on any atom is 0.107 e. The molecule has 14 heavy (non-hydrogen) atoms. The van der Waals surface area contributed by atoms with Crippen molar-refractivity contribution < 1.29 is 0 Å². The van der Waals surface area contributed by atoms with Crippen molar-refractivity contribution in [1.82, 2.24) is 20.0 Å². The first-order valence-corrected chi connectivity index (χ1v) is 4.64. The van der Waals surface area contributed by atoms with Gasteiger partial charge in [0.15, 0.2) is 0 Å². The molecule has 0 bridgehead atoms. The molecule has 0 saturated carbocycles. The van der Waals surface area contributed by atoms with Crippen molar-refractivity contribution in [2.24, 2.45) is 0 Å². The third kappa shape index (κ3) is 1.51. The van der Waals surface area contributed by atoms with Crippen molar-refractivity contribution in [1.29, 1.82) is 0 Å². The Hall–Kier alpha value is -1.71. The molecule has 0 aliphatic rings. The van der Waals surface area contributed by atoms with Gasteiger partial charge in [-0.2, -0.15) is 10.2 Å². The van der Waals surface area contributed by atoms with Crippen LogP contribution in [0.2, 0.25) is 0 Å². The summed E-state index contributed by atoms with van der Waals surface area (Å²) in [5.74, 6) is 0. The molecular formula is C10H12N4. The molecular weight excluding hydrogens is 176 g/mol. The molecule has 0 amide bonds. The molecule has 0 saturated heterocycles. The van der Waals surface area contributed by atoms with E-state index in [1.165, 1.54) is 0 Å². The Morgan fingerprint density at radius 1 is 1.21 bits per heavy atom. The van der Waals surface area contributed by atoms with Crippen LogP contribution in [0.15, 0.2) is 24.5 Å². The highest BCUT2D eigenvalue weighted by molar-refractivity contribution is 5.35. The summed E-state index contributed by atoms with van der Waals surface area (Å²) in [6.45, 7) is 4.06. The van der Waals surface area contributed by atoms with Gasteiger partial charge in [0.2, 0.25) is 0 Å². The molecule has 0 radical (unpaired) electrons. The van der Waals surface area contributed by atoms with Crippen molar-refractivity contribution >= 4 is 0 Å². The summed E-state index contributed by atoms with van der Waals surface area (Å²) < 4.78 is 0. The summed E-state index contributed by atoms with van der Waals surface area (Å²) in [6, 6.07) is 3.97. The SMILES string of the molecule is CCc1nc(C)ccc1-n1nccn1. The number of hydrogen-bond donors (Lipinski definition) is 0. The van der Waals surface area contributed by atoms with Gasteiger partial charge >= 0.3 is 0 Å². The molecule has 0 aliphatic heterocycles. The van der Waals surface area contributed by atoms with E-state index in [1.807, 2.05) is 19.1 Å². The average molecular weight is 188 g/mol. The molecule has 4 heteroatoms. The standard InChI is InChI=1S/C10H12N4/c1-3-9-10(5-4-8(2)13-9)14-11-6-7-12-14/h4-7H,3H2,1-2H3. The van der Waals surface area contributed by atoms with Crippen molar-refractivity contribution in [3.63, 3.8) is 0 Å². The van der Waals surface area contributed by atoms with Crippen LogP contribution in [0.3, 0.4) is 0 Å². The number of aryl methyl sites for hydroxylation is 2. The number of rotatable bonds is 2. The second-order valence-corrected chi connectivity index (χ2v) is 3.09. The topological polar surface area (TPSA) is 43.6 Å². The van der Waals surface area contributed by atoms with Gasteiger partial charge in [-0.05, 0) is 25.5 Å². The van der Waals surface area contributed by atoms with E-state index >= 15 is 0 Å². The molecule has 0 aliphatic carbocycles. The Morgan fingerprint density at radius 3 is 2.57 bits per heavy atom. The van der Waals surface area contributed by atoms with Crippen LogP contribution in [-0.4, -0.2) is 20.0 Å². The van der Waals surface area contributed by atoms with Crippen LogP contribution in [0.5, 0.6) is 0 Å². The van der Waals surface area contributed by atoms with Crippen molar-refractivity contribution in [2.45, 2.75) is 20.3 Å². The predicted molar refractivity (Wildman–Crippen MR) is 53.3 cm³/mol. The van der Waals surface area contributed by atoms with Crippen LogP contribution in [0.1, 0.15) is 18.3 Å². The highest BCUT2D eigenvalue weighted by Crippen LogP contribution is 2.11. The number of hydrogen-bond acceptors (Lipinski definition) is 3. The van der Waals surface area contributed by atoms with Crippen LogP contribution in [0.25, 0.3) is 5.69 Å². The average Bonchev–Trinajstić information content (AvgIpc) is 2.70. The second-order valence-electron chi connectivity index (χ2n) is 3.09. The maximum absolute atomic E-state index is 4.45. The van der Waals surface area contributed by atoms with E-state index in [2.05, 4.69) is 22.1 Å². The Labute approximate surface area is 82.6 Å². The fourth-order valence-corrected chi connectivity index (χ4v) is 1.39. The molecule has 2 aromatic rings. The van der Waals surface area contributed by atoms with Crippen LogP contribution < -0.4 is 0 Å². The number of aromatic nitrogens is 4. The van der Waals surface area contributed by atoms with E-state index in [-0.39, 0.29) is 0 Å². The van der Waals surface area contributed by atoms with Crippen molar-refractivity contribution in [3.05, 3.63) is 35.9 Å². The molecule has 2 aromatic heterocycles. The zero-order valence-electron chi connectivity index (χ0n) is 8.31. The summed E-state index contributed by atoms with van der Waals surface area (Å²) >= 11 is 0. The second kappa shape index (κ2) is 3.57. The first kappa shape index (κ1) is 8.87. The summed E-state index contributed by atoms with van der Waals surface area (Å²) in [5.41, 5.74) is 3.02. The number of nitrogens with zero attached hydrogens (tertiary/aromatic N) is 4. The third-order valence-corrected chi connectivity index (χ3v) is 2.06. The minimum absolute atomic E-state index is 0.887. The molecule has 2 heterocycles. The molecule has 0 unspecified atom stereocenters. The zero-order valence-corrected chi connectivity index (χ0v) is 8.31. The minimum Gasteiger partial charge on any atom is -0.256 e. The summed E-state index contributed by atoms with van der Waals surface area (Å²) in [7, 11) is 0. The maximum atomic E-state index is 4.45. The lowest BCUT2D eigenvalue weighted by molar-refractivity contribution is 0.733. The van der Waals surface area contributed by atoms with E-state index in [4.69, 9.17) is 0 Å². The van der Waals surface area contributed by atoms with Gasteiger partial charge in [0.25, 0.3) is 0 Å². The third-order valence-electron chi connectivity index (χ3n) is 2.06. The van der Waals surface area contributed by atoms with E-state index in [1.54, 1.807) is 17.2 Å². The molecule has 72 valence electrons. The first-order chi connectivity index (χ1) is 6.81. The summed E-state index contributed by atoms with van der Waals surface area (Å²) in [5, 5.41) is 8.18. The molecule has 0 atom stereocenters. The van der Waals surface area contributed by atoms with E-state index in [0.717, 1.165) is 23.5 Å². The monoisotopic (exact) mass is 188 g/mol. The Morgan fingerprint density at radius 2 is 1.93 bits per heavy atom. The lowest BCUT2D eigenvalue weighted by Crippen LogP contribution is -2.05. The first-order valence-electron chi connectivity index (χ1n) is 4.64. The van der Waals surface area contributed by atoms with E-state index < -0.39 is 0 Å². The molecule has 2 rings (SSSR count). The van der Waals surface area contributed by atoms with Gasteiger partial charge in [0, 0.05) is 5.69 Å². The van der Waals surface area contributed by atoms with Gasteiger partial charge in [-0.3, -0.25) is 4.98 Å². The summed E-state index contributed by atoms with van der Waals surface area (Å²) in [4.78, 5) is 6.05. The van der Waals surface area contributed by atoms with Crippen molar-refractivity contribution in [3.8, 4) is 5.69 Å². The lowest BCUT2D eigenvalue weighted by atomic mass is 10.2. The normalized spacial score (nSPS) is 10.4. The predicted octanol–water partition coefficient (Wildman–Crippen LogP) is 1.53. The Kier molecular flexibility index (Phi) is 2.26. The quantitative estimate of drug-likeness (QED) is 0.717. The van der Waals surface area contributed by atoms with Crippen LogP contribution in [0.4, 0.5) is 0 Å². The molecule has 0 aromatic carbocycles. The highest BCUT2D eigenvalue weighted by atomic mass is 15.5. The van der Waals surface area contributed by atoms with Gasteiger partial charge in [0.1, 0.15) is 5.69 Å². The highest BCUT2D eigenvalue weighted by Gasteiger charge is 2.05. The van der Waals surface area contributed by atoms with Gasteiger partial charge < -0.3 is 0 Å². The van der Waals surface area contributed by atoms with E-state index in [0.29, 0.717) is 0 Å². The minimum atomic E-state index is 0.887. The Balaban J connectivity index is 2.53. The van der Waals surface area contributed by atoms with Crippen LogP contribution in [-0.2, 0) is 6.42 Å². The van der Waals surface area contributed by atoms with Gasteiger partial charge in [-0.1, -0.05) is 6.92 Å². The van der Waals surface area contributed by atoms with Crippen LogP contribution >= 0.6 is 0 Å². The van der Waals surface area contributed by atoms with Gasteiger partial charge in [-0.25, -0.2) is 0 Å². The zero-order chi connectivity index (χ0) is 9.97. The molecule has 0 spiro atoms. The lowest BCUT2D eigenvalue weighted by Gasteiger charge is -2.05. The molecule has 4 nitrogen and oxygen atoms in total. The smallest absolute Gasteiger partial charge is 0.107 e. The fourth-order valence-electron chi connectivity index (χ4n) is 1.39. The summed E-state index contributed by atoms with van der Waals surface area (Å²) in [6.07, 6.45) is 4.22. The largest absolute Gasteiger partial charge is 0.256 e. The van der Waals surface area contributed by atoms with Crippen LogP contribution in [0, 0.1) is 6.92 Å². The molecule has 0 fully saturated rings. The van der Waals surface area contributed by atoms with Gasteiger partial charge in [0.05, 0.1) is 18.1 Å². The number of pyridine rings is 1. The Bertz CT molecular complexity index is 420. The molecule has 0 N–H and O–H groups in total. The van der Waals surface area contributed by atoms with E-state index in [9.17, 15) is 0 Å². The van der Waals surface area contributed by atoms with Gasteiger partial charge in [-0.15, -0.1) is 4.80 Å².